The van der Waals surface area contributed by atoms with Gasteiger partial charge in [0, 0.05) is 24.0 Å². The number of para-hydroxylation sites is 1. The van der Waals surface area contributed by atoms with Gasteiger partial charge in [-0.1, -0.05) is 12.1 Å². The van der Waals surface area contributed by atoms with Gasteiger partial charge in [0.15, 0.2) is 5.13 Å². The first-order chi connectivity index (χ1) is 9.38. The van der Waals surface area contributed by atoms with Gasteiger partial charge >= 0.3 is 0 Å². The maximum absolute atomic E-state index is 5.39. The normalized spacial score (nSPS) is 15.5. The van der Waals surface area contributed by atoms with Crippen LogP contribution < -0.4 is 9.64 Å². The summed E-state index contributed by atoms with van der Waals surface area (Å²) in [5.41, 5.74) is 2.02. The fraction of sp³-hybridized carbons (Fsp3) is 0.357. The molecule has 1 aromatic carbocycles. The van der Waals surface area contributed by atoms with E-state index in [1.807, 2.05) is 24.3 Å². The molecule has 19 heavy (non-hydrogen) atoms. The molecule has 0 amide bonds. The lowest BCUT2D eigenvalue weighted by atomic mass is 10.1. The summed E-state index contributed by atoms with van der Waals surface area (Å²) in [6, 6.07) is 7.98. The zero-order chi connectivity index (χ0) is 13.1. The Hall–Kier alpha value is -1.59. The van der Waals surface area contributed by atoms with Crippen molar-refractivity contribution >= 4 is 16.5 Å². The fourth-order valence-corrected chi connectivity index (χ4v) is 3.02. The lowest BCUT2D eigenvalue weighted by Crippen LogP contribution is -2.36. The van der Waals surface area contributed by atoms with E-state index in [4.69, 9.17) is 14.5 Å². The van der Waals surface area contributed by atoms with Crippen molar-refractivity contribution in [1.82, 2.24) is 4.98 Å². The van der Waals surface area contributed by atoms with Crippen LogP contribution >= 0.6 is 11.3 Å². The molecule has 0 N–H and O–H groups in total. The molecule has 0 radical (unpaired) electrons. The highest BCUT2D eigenvalue weighted by Gasteiger charge is 2.16. The molecule has 2 heterocycles. The second kappa shape index (κ2) is 5.59. The molecule has 1 aliphatic heterocycles. The predicted octanol–water partition coefficient (Wildman–Crippen LogP) is 2.66. The fourth-order valence-electron chi connectivity index (χ4n) is 2.14. The van der Waals surface area contributed by atoms with Crippen molar-refractivity contribution in [2.75, 3.05) is 38.3 Å². The van der Waals surface area contributed by atoms with E-state index in [1.165, 1.54) is 0 Å². The number of benzene rings is 1. The first-order valence-electron chi connectivity index (χ1n) is 6.30. The van der Waals surface area contributed by atoms with Gasteiger partial charge in [0.05, 0.1) is 26.0 Å². The van der Waals surface area contributed by atoms with Crippen LogP contribution in [0.4, 0.5) is 5.13 Å². The topological polar surface area (TPSA) is 34.6 Å². The van der Waals surface area contributed by atoms with Crippen LogP contribution in [0, 0.1) is 0 Å². The molecular weight excluding hydrogens is 260 g/mol. The highest BCUT2D eigenvalue weighted by molar-refractivity contribution is 7.14. The smallest absolute Gasteiger partial charge is 0.186 e. The lowest BCUT2D eigenvalue weighted by Gasteiger charge is -2.26. The third kappa shape index (κ3) is 2.57. The monoisotopic (exact) mass is 276 g/mol. The molecule has 0 unspecified atom stereocenters. The minimum atomic E-state index is 0.781. The van der Waals surface area contributed by atoms with Crippen molar-refractivity contribution in [3.63, 3.8) is 0 Å². The Morgan fingerprint density at radius 2 is 2.05 bits per heavy atom. The molecule has 3 rings (SSSR count). The number of anilines is 1. The van der Waals surface area contributed by atoms with E-state index < -0.39 is 0 Å². The number of aromatic nitrogens is 1. The third-order valence-electron chi connectivity index (χ3n) is 3.16. The highest BCUT2D eigenvalue weighted by Crippen LogP contribution is 2.33. The summed E-state index contributed by atoms with van der Waals surface area (Å²) in [5, 5.41) is 3.15. The van der Waals surface area contributed by atoms with E-state index in [9.17, 15) is 0 Å². The molecule has 2 aromatic rings. The molecule has 100 valence electrons. The lowest BCUT2D eigenvalue weighted by molar-refractivity contribution is 0.122. The number of methoxy groups -OCH3 is 1. The molecule has 0 spiro atoms. The molecule has 0 aliphatic carbocycles. The average Bonchev–Trinajstić information content (AvgIpc) is 2.98. The molecule has 4 nitrogen and oxygen atoms in total. The minimum Gasteiger partial charge on any atom is -0.496 e. The van der Waals surface area contributed by atoms with Gasteiger partial charge in [-0.15, -0.1) is 11.3 Å². The number of nitrogens with zero attached hydrogens (tertiary/aromatic N) is 2. The molecule has 5 heteroatoms. The van der Waals surface area contributed by atoms with Gasteiger partial charge in [0.1, 0.15) is 5.75 Å². The van der Waals surface area contributed by atoms with Gasteiger partial charge in [-0.2, -0.15) is 0 Å². The van der Waals surface area contributed by atoms with Crippen LogP contribution in [-0.2, 0) is 4.74 Å². The van der Waals surface area contributed by atoms with Crippen LogP contribution in [-0.4, -0.2) is 38.4 Å². The average molecular weight is 276 g/mol. The SMILES string of the molecule is COc1ccccc1-c1csc(N2CCOCC2)n1. The summed E-state index contributed by atoms with van der Waals surface area (Å²) in [5.74, 6) is 0.862. The maximum Gasteiger partial charge on any atom is 0.186 e. The van der Waals surface area contributed by atoms with Crippen molar-refractivity contribution in [2.45, 2.75) is 0 Å². The summed E-state index contributed by atoms with van der Waals surface area (Å²) in [6.07, 6.45) is 0. The Morgan fingerprint density at radius 1 is 1.26 bits per heavy atom. The van der Waals surface area contributed by atoms with Crippen LogP contribution in [0.1, 0.15) is 0 Å². The van der Waals surface area contributed by atoms with Crippen LogP contribution in [0.5, 0.6) is 5.75 Å². The second-order valence-electron chi connectivity index (χ2n) is 4.32. The summed E-state index contributed by atoms with van der Waals surface area (Å²) in [6.45, 7) is 3.39. The zero-order valence-corrected chi connectivity index (χ0v) is 11.7. The molecular formula is C14H16N2O2S. The number of hydrogen-bond acceptors (Lipinski definition) is 5. The summed E-state index contributed by atoms with van der Waals surface area (Å²) in [7, 11) is 1.69. The van der Waals surface area contributed by atoms with E-state index in [2.05, 4.69) is 10.3 Å². The Labute approximate surface area is 116 Å². The zero-order valence-electron chi connectivity index (χ0n) is 10.8. The van der Waals surface area contributed by atoms with Crippen LogP contribution in [0.3, 0.4) is 0 Å². The Kier molecular flexibility index (Phi) is 3.66. The minimum absolute atomic E-state index is 0.781. The van der Waals surface area contributed by atoms with E-state index in [0.29, 0.717) is 0 Å². The van der Waals surface area contributed by atoms with Gasteiger partial charge < -0.3 is 14.4 Å². The van der Waals surface area contributed by atoms with Gasteiger partial charge in [-0.3, -0.25) is 0 Å². The largest absolute Gasteiger partial charge is 0.496 e. The van der Waals surface area contributed by atoms with Crippen molar-refractivity contribution in [3.05, 3.63) is 29.6 Å². The molecule has 0 atom stereocenters. The number of ether oxygens (including phenoxy) is 2. The van der Waals surface area contributed by atoms with Crippen LogP contribution in [0.15, 0.2) is 29.6 Å². The Bertz CT molecular complexity index is 550. The van der Waals surface area contributed by atoms with Gasteiger partial charge in [0.25, 0.3) is 0 Å². The second-order valence-corrected chi connectivity index (χ2v) is 5.15. The first kappa shape index (κ1) is 12.4. The van der Waals surface area contributed by atoms with Crippen LogP contribution in [0.25, 0.3) is 11.3 Å². The van der Waals surface area contributed by atoms with Gasteiger partial charge in [-0.25, -0.2) is 4.98 Å². The molecule has 0 bridgehead atoms. The molecule has 1 aliphatic rings. The van der Waals surface area contributed by atoms with Crippen molar-refractivity contribution < 1.29 is 9.47 Å². The van der Waals surface area contributed by atoms with Gasteiger partial charge in [-0.05, 0) is 12.1 Å². The molecule has 1 aromatic heterocycles. The standard InChI is InChI=1S/C14H16N2O2S/c1-17-13-5-3-2-4-11(13)12-10-19-14(15-12)16-6-8-18-9-7-16/h2-5,10H,6-9H2,1H3. The van der Waals surface area contributed by atoms with Crippen molar-refractivity contribution in [2.24, 2.45) is 0 Å². The number of rotatable bonds is 3. The molecule has 1 fully saturated rings. The van der Waals surface area contributed by atoms with Crippen molar-refractivity contribution in [1.29, 1.82) is 0 Å². The number of hydrogen-bond donors (Lipinski definition) is 0. The van der Waals surface area contributed by atoms with Crippen LogP contribution in [0.2, 0.25) is 0 Å². The quantitative estimate of drug-likeness (QED) is 0.863. The first-order valence-corrected chi connectivity index (χ1v) is 7.18. The van der Waals surface area contributed by atoms with Gasteiger partial charge in [0.2, 0.25) is 0 Å². The number of thiazole rings is 1. The highest BCUT2D eigenvalue weighted by atomic mass is 32.1. The molecule has 0 saturated carbocycles. The predicted molar refractivity (Wildman–Crippen MR) is 77.1 cm³/mol. The third-order valence-corrected chi connectivity index (χ3v) is 4.06. The van der Waals surface area contributed by atoms with E-state index in [-0.39, 0.29) is 0 Å². The van der Waals surface area contributed by atoms with E-state index in [0.717, 1.165) is 48.4 Å². The van der Waals surface area contributed by atoms with Crippen molar-refractivity contribution in [3.8, 4) is 17.0 Å². The van der Waals surface area contributed by atoms with E-state index >= 15 is 0 Å². The Morgan fingerprint density at radius 3 is 2.84 bits per heavy atom. The summed E-state index contributed by atoms with van der Waals surface area (Å²) >= 11 is 1.67. The van der Waals surface area contributed by atoms with E-state index in [1.54, 1.807) is 18.4 Å². The number of morpholine rings is 1. The maximum atomic E-state index is 5.39. The summed E-state index contributed by atoms with van der Waals surface area (Å²) < 4.78 is 10.7. The Balaban J connectivity index is 1.88. The molecule has 1 saturated heterocycles. The summed E-state index contributed by atoms with van der Waals surface area (Å²) in [4.78, 5) is 6.99.